The van der Waals surface area contributed by atoms with Crippen LogP contribution in [0.3, 0.4) is 0 Å². The first-order valence-electron chi connectivity index (χ1n) is 9.15. The summed E-state index contributed by atoms with van der Waals surface area (Å²) in [4.78, 5) is 3.30. The van der Waals surface area contributed by atoms with Crippen LogP contribution in [-0.2, 0) is 0 Å². The van der Waals surface area contributed by atoms with Gasteiger partial charge in [0.15, 0.2) is 0 Å². The molecule has 3 rings (SSSR count). The summed E-state index contributed by atoms with van der Waals surface area (Å²) in [5, 5.41) is 28.8. The number of aromatic amines is 1. The summed E-state index contributed by atoms with van der Waals surface area (Å²) in [7, 11) is 0. The Morgan fingerprint density at radius 3 is 1.97 bits per heavy atom. The topological polar surface area (TPSA) is 112 Å². The van der Waals surface area contributed by atoms with E-state index in [9.17, 15) is 15.3 Å². The molecule has 3 aromatic rings. The van der Waals surface area contributed by atoms with E-state index in [4.69, 9.17) is 10.5 Å². The van der Waals surface area contributed by atoms with Crippen LogP contribution in [0, 0.1) is 6.92 Å². The van der Waals surface area contributed by atoms with Crippen molar-refractivity contribution < 1.29 is 20.1 Å². The second kappa shape index (κ2) is 9.91. The Labute approximate surface area is 176 Å². The highest BCUT2D eigenvalue weighted by Gasteiger charge is 2.27. The quantitative estimate of drug-likeness (QED) is 0.385. The summed E-state index contributed by atoms with van der Waals surface area (Å²) < 4.78 is 5.86. The van der Waals surface area contributed by atoms with E-state index in [1.165, 1.54) is 0 Å². The molecule has 0 radical (unpaired) electrons. The molecule has 0 saturated heterocycles. The van der Waals surface area contributed by atoms with Gasteiger partial charge in [-0.15, -0.1) is 12.4 Å². The Balaban J connectivity index is 0.00000300. The van der Waals surface area contributed by atoms with Crippen LogP contribution in [0.5, 0.6) is 11.5 Å². The summed E-state index contributed by atoms with van der Waals surface area (Å²) in [6.07, 6.45) is -0.832. The second-order valence-electron chi connectivity index (χ2n) is 7.15. The van der Waals surface area contributed by atoms with Crippen LogP contribution in [0.2, 0.25) is 0 Å². The molecule has 1 unspecified atom stereocenters. The molecule has 1 atom stereocenters. The average Bonchev–Trinajstić information content (AvgIpc) is 3.15. The number of rotatable bonds is 8. The molecule has 0 aliphatic rings. The third kappa shape index (κ3) is 5.82. The number of hydrogen-bond acceptors (Lipinski definition) is 5. The zero-order valence-corrected chi connectivity index (χ0v) is 17.0. The fraction of sp³-hybridized carbons (Fsp3) is 0.273. The van der Waals surface area contributed by atoms with Crippen molar-refractivity contribution in [2.75, 3.05) is 13.2 Å². The van der Waals surface area contributed by atoms with E-state index in [1.807, 2.05) is 43.3 Å². The SMILES string of the molecule is Cc1ccc(-c2ccc(Oc3ccc(C(O)CC(N)(CO)CO)cc3)cc2)[nH]1.Cl. The number of ether oxygens (including phenoxy) is 1. The standard InChI is InChI=1S/C22H26N2O4.ClH/c1-15-2-11-20(24-15)16-3-7-18(8-4-16)28-19-9-5-17(6-10-19)21(27)12-22(23,13-25)14-26;/h2-11,21,24-27H,12-14,23H2,1H3;1H. The lowest BCUT2D eigenvalue weighted by Gasteiger charge is -2.27. The van der Waals surface area contributed by atoms with Crippen LogP contribution in [-0.4, -0.2) is 39.1 Å². The molecular weight excluding hydrogens is 392 g/mol. The van der Waals surface area contributed by atoms with Crippen LogP contribution in [0.15, 0.2) is 60.7 Å². The smallest absolute Gasteiger partial charge is 0.127 e. The van der Waals surface area contributed by atoms with Crippen LogP contribution < -0.4 is 10.5 Å². The lowest BCUT2D eigenvalue weighted by Crippen LogP contribution is -2.48. The first-order valence-corrected chi connectivity index (χ1v) is 9.15. The van der Waals surface area contributed by atoms with E-state index >= 15 is 0 Å². The predicted octanol–water partition coefficient (Wildman–Crippen LogP) is 3.31. The largest absolute Gasteiger partial charge is 0.457 e. The molecule has 0 aliphatic heterocycles. The summed E-state index contributed by atoms with van der Waals surface area (Å²) in [6.45, 7) is 1.21. The normalized spacial score (nSPS) is 12.3. The predicted molar refractivity (Wildman–Crippen MR) is 115 cm³/mol. The minimum absolute atomic E-state index is 0. The highest BCUT2D eigenvalue weighted by Crippen LogP contribution is 2.28. The minimum atomic E-state index is -1.21. The van der Waals surface area contributed by atoms with Gasteiger partial charge in [-0.2, -0.15) is 0 Å². The summed E-state index contributed by atoms with van der Waals surface area (Å²) in [5.74, 6) is 1.35. The molecule has 6 N–H and O–H groups in total. The molecule has 7 heteroatoms. The minimum Gasteiger partial charge on any atom is -0.457 e. The molecule has 0 spiro atoms. The molecule has 0 aliphatic carbocycles. The molecule has 0 fully saturated rings. The number of aryl methyl sites for hydroxylation is 1. The van der Waals surface area contributed by atoms with E-state index in [-0.39, 0.29) is 18.8 Å². The van der Waals surface area contributed by atoms with Crippen molar-refractivity contribution in [1.82, 2.24) is 4.98 Å². The lowest BCUT2D eigenvalue weighted by atomic mass is 9.92. The highest BCUT2D eigenvalue weighted by molar-refractivity contribution is 5.85. The number of hydrogen-bond donors (Lipinski definition) is 5. The van der Waals surface area contributed by atoms with Gasteiger partial charge in [-0.3, -0.25) is 0 Å². The molecule has 0 amide bonds. The Hall–Kier alpha value is -2.35. The van der Waals surface area contributed by atoms with Crippen LogP contribution in [0.1, 0.15) is 23.8 Å². The number of nitrogens with one attached hydrogen (secondary N) is 1. The number of aliphatic hydroxyl groups is 3. The van der Waals surface area contributed by atoms with Gasteiger partial charge in [0.25, 0.3) is 0 Å². The van der Waals surface area contributed by atoms with E-state index in [2.05, 4.69) is 4.98 Å². The van der Waals surface area contributed by atoms with Gasteiger partial charge in [-0.1, -0.05) is 12.1 Å². The Bertz CT molecular complexity index is 890. The fourth-order valence-electron chi connectivity index (χ4n) is 2.95. The monoisotopic (exact) mass is 418 g/mol. The van der Waals surface area contributed by atoms with Crippen molar-refractivity contribution in [3.63, 3.8) is 0 Å². The Morgan fingerprint density at radius 2 is 1.48 bits per heavy atom. The number of benzene rings is 2. The van der Waals surface area contributed by atoms with Crippen molar-refractivity contribution in [3.8, 4) is 22.8 Å². The second-order valence-corrected chi connectivity index (χ2v) is 7.15. The Kier molecular flexibility index (Phi) is 7.84. The first kappa shape index (κ1) is 22.9. The van der Waals surface area contributed by atoms with Gasteiger partial charge in [0, 0.05) is 11.4 Å². The molecule has 156 valence electrons. The first-order chi connectivity index (χ1) is 13.4. The zero-order valence-electron chi connectivity index (χ0n) is 16.2. The van der Waals surface area contributed by atoms with Crippen molar-refractivity contribution in [1.29, 1.82) is 0 Å². The molecule has 0 bridgehead atoms. The zero-order chi connectivity index (χ0) is 20.1. The molecule has 0 saturated carbocycles. The lowest BCUT2D eigenvalue weighted by molar-refractivity contribution is 0.0618. The van der Waals surface area contributed by atoms with Gasteiger partial charge >= 0.3 is 0 Å². The Morgan fingerprint density at radius 1 is 0.931 bits per heavy atom. The molecular formula is C22H27ClN2O4. The maximum Gasteiger partial charge on any atom is 0.127 e. The van der Waals surface area contributed by atoms with Crippen LogP contribution >= 0.6 is 12.4 Å². The number of nitrogens with two attached hydrogens (primary N) is 1. The van der Waals surface area contributed by atoms with E-state index in [1.54, 1.807) is 24.3 Å². The van der Waals surface area contributed by atoms with Crippen molar-refractivity contribution in [2.24, 2.45) is 5.73 Å². The number of aliphatic hydroxyl groups excluding tert-OH is 3. The van der Waals surface area contributed by atoms with Gasteiger partial charge in [0.05, 0.1) is 24.9 Å². The fourth-order valence-corrected chi connectivity index (χ4v) is 2.95. The molecule has 2 aromatic carbocycles. The molecule has 6 nitrogen and oxygen atoms in total. The van der Waals surface area contributed by atoms with E-state index < -0.39 is 24.9 Å². The number of aromatic nitrogens is 1. The van der Waals surface area contributed by atoms with Crippen molar-refractivity contribution in [2.45, 2.75) is 25.0 Å². The van der Waals surface area contributed by atoms with Gasteiger partial charge < -0.3 is 30.8 Å². The maximum atomic E-state index is 10.3. The third-order valence-corrected chi connectivity index (χ3v) is 4.73. The molecule has 1 aromatic heterocycles. The highest BCUT2D eigenvalue weighted by atomic mass is 35.5. The van der Waals surface area contributed by atoms with Gasteiger partial charge in [-0.25, -0.2) is 0 Å². The maximum absolute atomic E-state index is 10.3. The van der Waals surface area contributed by atoms with Gasteiger partial charge in [0.1, 0.15) is 11.5 Å². The average molecular weight is 419 g/mol. The van der Waals surface area contributed by atoms with E-state index in [0.29, 0.717) is 17.1 Å². The van der Waals surface area contributed by atoms with Crippen LogP contribution in [0.4, 0.5) is 0 Å². The summed E-state index contributed by atoms with van der Waals surface area (Å²) in [5.41, 5.74) is 8.51. The molecule has 29 heavy (non-hydrogen) atoms. The van der Waals surface area contributed by atoms with Gasteiger partial charge in [-0.05, 0) is 73.0 Å². The number of halogens is 1. The number of H-pyrrole nitrogens is 1. The summed E-state index contributed by atoms with van der Waals surface area (Å²) in [6, 6.07) is 18.9. The van der Waals surface area contributed by atoms with Crippen LogP contribution in [0.25, 0.3) is 11.3 Å². The van der Waals surface area contributed by atoms with Crippen molar-refractivity contribution in [3.05, 3.63) is 71.9 Å². The molecule has 1 heterocycles. The van der Waals surface area contributed by atoms with Gasteiger partial charge in [0.2, 0.25) is 0 Å². The third-order valence-electron chi connectivity index (χ3n) is 4.73. The summed E-state index contributed by atoms with van der Waals surface area (Å²) >= 11 is 0. The van der Waals surface area contributed by atoms with Crippen molar-refractivity contribution >= 4 is 12.4 Å². The van der Waals surface area contributed by atoms with E-state index in [0.717, 1.165) is 17.0 Å².